The predicted octanol–water partition coefficient (Wildman–Crippen LogP) is 3.07. The van der Waals surface area contributed by atoms with Gasteiger partial charge in [0.15, 0.2) is 0 Å². The van der Waals surface area contributed by atoms with Crippen molar-refractivity contribution in [3.05, 3.63) is 22.5 Å². The van der Waals surface area contributed by atoms with Crippen molar-refractivity contribution in [2.45, 2.75) is 26.9 Å². The van der Waals surface area contributed by atoms with E-state index in [1.165, 1.54) is 22.5 Å². The smallest absolute Gasteiger partial charge is 0.0875 e. The first-order chi connectivity index (χ1) is 6.24. The number of hydrogen-bond acceptors (Lipinski definition) is 1. The Morgan fingerprint density at radius 3 is 1.93 bits per heavy atom. The van der Waals surface area contributed by atoms with Crippen LogP contribution in [0.25, 0.3) is 0 Å². The van der Waals surface area contributed by atoms with Crippen LogP contribution in [0.3, 0.4) is 0 Å². The molecule has 1 aromatic rings. The van der Waals surface area contributed by atoms with Gasteiger partial charge in [0.2, 0.25) is 0 Å². The summed E-state index contributed by atoms with van der Waals surface area (Å²) >= 11 is 0. The molecule has 0 bridgehead atoms. The molecule has 0 radical (unpaired) electrons. The van der Waals surface area contributed by atoms with E-state index in [0.717, 1.165) is 0 Å². The fourth-order valence-electron chi connectivity index (χ4n) is 1.78. The number of nitrogens with zero attached hydrogens (tertiary/aromatic N) is 1. The monoisotopic (exact) mass is 213 g/mol. The Morgan fingerprint density at radius 1 is 1.14 bits per heavy atom. The van der Waals surface area contributed by atoms with Gasteiger partial charge in [-0.05, 0) is 45.2 Å². The first-order valence-electron chi connectivity index (χ1n) is 4.89. The minimum absolute atomic E-state index is 0.712. The Labute approximate surface area is 86.7 Å². The number of aromatic nitrogens is 1. The Kier molecular flexibility index (Phi) is 2.96. The van der Waals surface area contributed by atoms with Gasteiger partial charge in [0.1, 0.15) is 0 Å². The van der Waals surface area contributed by atoms with E-state index in [0.29, 0.717) is 6.16 Å². The van der Waals surface area contributed by atoms with Crippen LogP contribution in [0, 0.1) is 20.8 Å². The van der Waals surface area contributed by atoms with Gasteiger partial charge in [0.25, 0.3) is 0 Å². The van der Waals surface area contributed by atoms with E-state index in [1.807, 2.05) is 13.3 Å². The van der Waals surface area contributed by atoms with Crippen LogP contribution in [0.2, 0.25) is 0 Å². The molecule has 80 valence electrons. The summed E-state index contributed by atoms with van der Waals surface area (Å²) in [6.45, 7) is 10.1. The molecular formula is C11H20NOP. The molecule has 3 heteroatoms. The molecule has 0 saturated heterocycles. The van der Waals surface area contributed by atoms with Gasteiger partial charge in [-0.3, -0.25) is 0 Å². The highest BCUT2D eigenvalue weighted by Crippen LogP contribution is 2.42. The molecule has 14 heavy (non-hydrogen) atoms. The molecule has 0 saturated carbocycles. The molecule has 0 aliphatic heterocycles. The minimum Gasteiger partial charge on any atom is -0.351 e. The Morgan fingerprint density at radius 2 is 1.64 bits per heavy atom. The highest BCUT2D eigenvalue weighted by molar-refractivity contribution is 7.61. The molecule has 0 amide bonds. The number of hydrogen-bond donors (Lipinski definition) is 0. The molecule has 1 rings (SSSR count). The topological polar surface area (TPSA) is 22.0 Å². The van der Waals surface area contributed by atoms with Gasteiger partial charge in [-0.25, -0.2) is 0 Å². The highest BCUT2D eigenvalue weighted by Gasteiger charge is 2.17. The first-order valence-corrected chi connectivity index (χ1v) is 7.68. The van der Waals surface area contributed by atoms with Crippen LogP contribution in [-0.2, 0) is 17.8 Å². The van der Waals surface area contributed by atoms with Crippen molar-refractivity contribution in [2.24, 2.45) is 7.05 Å². The van der Waals surface area contributed by atoms with Crippen molar-refractivity contribution in [3.63, 3.8) is 0 Å². The standard InChI is InChI=1S/C11H20NOP/c1-8-9(2)11(7-14(5,6)13)12(4)10(8)3/h7H2,1-6H3. The zero-order valence-electron chi connectivity index (χ0n) is 10.0. The Hall–Kier alpha value is -0.490. The molecule has 0 atom stereocenters. The highest BCUT2D eigenvalue weighted by atomic mass is 31.2. The van der Waals surface area contributed by atoms with Gasteiger partial charge in [-0.2, -0.15) is 0 Å². The van der Waals surface area contributed by atoms with Gasteiger partial charge in [-0.15, -0.1) is 0 Å². The zero-order valence-corrected chi connectivity index (χ0v) is 10.9. The summed E-state index contributed by atoms with van der Waals surface area (Å²) in [5, 5.41) is 0. The van der Waals surface area contributed by atoms with Gasteiger partial charge >= 0.3 is 0 Å². The lowest BCUT2D eigenvalue weighted by Crippen LogP contribution is -1.99. The molecule has 1 heterocycles. The summed E-state index contributed by atoms with van der Waals surface area (Å²) in [5.41, 5.74) is 5.14. The maximum atomic E-state index is 11.8. The molecule has 0 fully saturated rings. The summed E-state index contributed by atoms with van der Waals surface area (Å²) in [6.07, 6.45) is 0.712. The van der Waals surface area contributed by atoms with Crippen LogP contribution in [0.1, 0.15) is 22.5 Å². The number of rotatable bonds is 2. The van der Waals surface area contributed by atoms with Gasteiger partial charge in [0, 0.05) is 24.6 Å². The van der Waals surface area contributed by atoms with Crippen LogP contribution in [0.4, 0.5) is 0 Å². The molecule has 0 spiro atoms. The van der Waals surface area contributed by atoms with Gasteiger partial charge < -0.3 is 9.13 Å². The third-order valence-corrected chi connectivity index (χ3v) is 4.04. The van der Waals surface area contributed by atoms with E-state index in [-0.39, 0.29) is 0 Å². The molecule has 2 nitrogen and oxygen atoms in total. The fourth-order valence-corrected chi connectivity index (χ4v) is 2.95. The normalized spacial score (nSPS) is 12.1. The van der Waals surface area contributed by atoms with Crippen LogP contribution < -0.4 is 0 Å². The lowest BCUT2D eigenvalue weighted by Gasteiger charge is -2.10. The minimum atomic E-state index is -1.97. The Bertz CT molecular complexity index is 372. The van der Waals surface area contributed by atoms with Crippen molar-refractivity contribution < 1.29 is 4.57 Å². The second-order valence-electron chi connectivity index (χ2n) is 4.57. The van der Waals surface area contributed by atoms with Crippen LogP contribution in [-0.4, -0.2) is 17.9 Å². The van der Waals surface area contributed by atoms with Crippen molar-refractivity contribution >= 4 is 7.14 Å². The molecule has 0 aliphatic rings. The maximum absolute atomic E-state index is 11.8. The van der Waals surface area contributed by atoms with Crippen molar-refractivity contribution in [1.29, 1.82) is 0 Å². The van der Waals surface area contributed by atoms with Gasteiger partial charge in [-0.1, -0.05) is 0 Å². The van der Waals surface area contributed by atoms with Crippen molar-refractivity contribution in [2.75, 3.05) is 13.3 Å². The SMILES string of the molecule is Cc1c(C)c(CP(C)(C)=O)n(C)c1C. The zero-order chi connectivity index (χ0) is 11.1. The summed E-state index contributed by atoms with van der Waals surface area (Å²) < 4.78 is 14.0. The van der Waals surface area contributed by atoms with Crippen molar-refractivity contribution in [3.8, 4) is 0 Å². The molecule has 0 N–H and O–H groups in total. The van der Waals surface area contributed by atoms with E-state index in [1.54, 1.807) is 0 Å². The quantitative estimate of drug-likeness (QED) is 0.692. The van der Waals surface area contributed by atoms with E-state index in [4.69, 9.17) is 0 Å². The second-order valence-corrected chi connectivity index (χ2v) is 8.04. The van der Waals surface area contributed by atoms with Crippen LogP contribution in [0.15, 0.2) is 0 Å². The van der Waals surface area contributed by atoms with E-state index in [9.17, 15) is 4.57 Å². The summed E-state index contributed by atoms with van der Waals surface area (Å²) in [7, 11) is 0.0870. The average molecular weight is 213 g/mol. The second kappa shape index (κ2) is 3.58. The molecule has 0 aromatic carbocycles. The lowest BCUT2D eigenvalue weighted by molar-refractivity contribution is 0.580. The third-order valence-electron chi connectivity index (χ3n) is 2.98. The lowest BCUT2D eigenvalue weighted by atomic mass is 10.2. The summed E-state index contributed by atoms with van der Waals surface area (Å²) in [4.78, 5) is 0. The van der Waals surface area contributed by atoms with Crippen molar-refractivity contribution in [1.82, 2.24) is 4.57 Å². The summed E-state index contributed by atoms with van der Waals surface area (Å²) in [6, 6.07) is 0. The summed E-state index contributed by atoms with van der Waals surface area (Å²) in [5.74, 6) is 0. The fraction of sp³-hybridized carbons (Fsp3) is 0.636. The van der Waals surface area contributed by atoms with E-state index < -0.39 is 7.14 Å². The third kappa shape index (κ3) is 2.12. The predicted molar refractivity (Wildman–Crippen MR) is 62.8 cm³/mol. The molecule has 1 aromatic heterocycles. The van der Waals surface area contributed by atoms with Crippen LogP contribution >= 0.6 is 7.14 Å². The maximum Gasteiger partial charge on any atom is 0.0875 e. The molecule has 0 unspecified atom stereocenters. The van der Waals surface area contributed by atoms with E-state index >= 15 is 0 Å². The van der Waals surface area contributed by atoms with Crippen LogP contribution in [0.5, 0.6) is 0 Å². The first kappa shape index (κ1) is 11.6. The van der Waals surface area contributed by atoms with E-state index in [2.05, 4.69) is 32.4 Å². The Balaban J connectivity index is 3.23. The molecule has 0 aliphatic carbocycles. The largest absolute Gasteiger partial charge is 0.351 e. The van der Waals surface area contributed by atoms with Gasteiger partial charge in [0.05, 0.1) is 7.14 Å². The molecular weight excluding hydrogens is 193 g/mol. The average Bonchev–Trinajstić information content (AvgIpc) is 2.20.